The van der Waals surface area contributed by atoms with Crippen LogP contribution < -0.4 is 10.6 Å². The summed E-state index contributed by atoms with van der Waals surface area (Å²) in [4.78, 5) is 18.6. The predicted molar refractivity (Wildman–Crippen MR) is 120 cm³/mol. The molecule has 0 saturated carbocycles. The average molecular weight is 409 g/mol. The summed E-state index contributed by atoms with van der Waals surface area (Å²) in [5.74, 6) is -0.166. The van der Waals surface area contributed by atoms with Crippen LogP contribution in [0.4, 0.5) is 10.1 Å². The van der Waals surface area contributed by atoms with E-state index in [1.165, 1.54) is 6.07 Å². The van der Waals surface area contributed by atoms with E-state index >= 15 is 0 Å². The van der Waals surface area contributed by atoms with Crippen molar-refractivity contribution >= 4 is 22.5 Å². The molecule has 0 radical (unpaired) electrons. The number of fused-ring (bicyclic) bond motifs is 1. The number of carbonyl (C=O) groups excluding carboxylic acids is 1. The smallest absolute Gasteiger partial charge is 0.254 e. The number of nitrogens with one attached hydrogen (secondary N) is 3. The molecule has 0 spiro atoms. The standard InChI is InChI=1S/C24H29FN4O/c1-14-9-19(25)6-5-17(14)12-27-22-11-18(10-21-15(2)16(3)28-23(21)22)24(30)29-8-7-20(13-29)26-4/h5-6,9-11,20,26-28H,7-8,12-13H2,1-4H3. The quantitative estimate of drug-likeness (QED) is 0.591. The number of likely N-dealkylation sites (tertiary alicyclic amines) is 1. The zero-order chi connectivity index (χ0) is 21.4. The van der Waals surface area contributed by atoms with Crippen molar-refractivity contribution in [2.75, 3.05) is 25.5 Å². The molecule has 0 bridgehead atoms. The number of carbonyl (C=O) groups is 1. The highest BCUT2D eigenvalue weighted by Crippen LogP contribution is 2.31. The first-order valence-corrected chi connectivity index (χ1v) is 10.5. The lowest BCUT2D eigenvalue weighted by Crippen LogP contribution is -2.33. The number of aryl methyl sites for hydroxylation is 3. The number of nitrogens with zero attached hydrogens (tertiary/aromatic N) is 1. The van der Waals surface area contributed by atoms with Gasteiger partial charge in [0.05, 0.1) is 11.2 Å². The molecule has 4 rings (SSSR count). The Morgan fingerprint density at radius 2 is 2.03 bits per heavy atom. The molecule has 1 atom stereocenters. The molecule has 3 N–H and O–H groups in total. The van der Waals surface area contributed by atoms with Crippen LogP contribution in [0, 0.1) is 26.6 Å². The number of aromatic nitrogens is 1. The van der Waals surface area contributed by atoms with Crippen LogP contribution in [0.3, 0.4) is 0 Å². The second-order valence-corrected chi connectivity index (χ2v) is 8.27. The van der Waals surface area contributed by atoms with Crippen LogP contribution in [0.25, 0.3) is 10.9 Å². The number of rotatable bonds is 5. The highest BCUT2D eigenvalue weighted by atomic mass is 19.1. The second-order valence-electron chi connectivity index (χ2n) is 8.27. The Morgan fingerprint density at radius 1 is 1.23 bits per heavy atom. The normalized spacial score (nSPS) is 16.4. The SMILES string of the molecule is CNC1CCN(C(=O)c2cc(NCc3ccc(F)cc3C)c3[nH]c(C)c(C)c3c2)C1. The first-order valence-electron chi connectivity index (χ1n) is 10.5. The molecule has 1 unspecified atom stereocenters. The lowest BCUT2D eigenvalue weighted by molar-refractivity contribution is 0.0790. The zero-order valence-electron chi connectivity index (χ0n) is 18.0. The third-order valence-electron chi connectivity index (χ3n) is 6.32. The highest BCUT2D eigenvalue weighted by molar-refractivity contribution is 6.03. The first kappa shape index (κ1) is 20.4. The van der Waals surface area contributed by atoms with Gasteiger partial charge >= 0.3 is 0 Å². The van der Waals surface area contributed by atoms with E-state index in [9.17, 15) is 9.18 Å². The molecule has 2 heterocycles. The lowest BCUT2D eigenvalue weighted by Gasteiger charge is -2.18. The Kier molecular flexibility index (Phi) is 5.52. The maximum absolute atomic E-state index is 13.4. The first-order chi connectivity index (χ1) is 14.4. The monoisotopic (exact) mass is 408 g/mol. The molecule has 2 aromatic carbocycles. The van der Waals surface area contributed by atoms with Gasteiger partial charge in [-0.15, -0.1) is 0 Å². The third-order valence-corrected chi connectivity index (χ3v) is 6.32. The predicted octanol–water partition coefficient (Wildman–Crippen LogP) is 4.28. The van der Waals surface area contributed by atoms with E-state index in [4.69, 9.17) is 0 Å². The number of benzene rings is 2. The topological polar surface area (TPSA) is 60.2 Å². The van der Waals surface area contributed by atoms with Gasteiger partial charge < -0.3 is 20.5 Å². The van der Waals surface area contributed by atoms with Gasteiger partial charge in [0.1, 0.15) is 5.82 Å². The Labute approximate surface area is 176 Å². The summed E-state index contributed by atoms with van der Waals surface area (Å²) in [5.41, 5.74) is 6.75. The van der Waals surface area contributed by atoms with Crippen LogP contribution in [0.5, 0.6) is 0 Å². The van der Waals surface area contributed by atoms with Crippen molar-refractivity contribution in [3.8, 4) is 0 Å². The zero-order valence-corrected chi connectivity index (χ0v) is 18.0. The van der Waals surface area contributed by atoms with Crippen molar-refractivity contribution in [2.45, 2.75) is 39.8 Å². The Bertz CT molecular complexity index is 1100. The van der Waals surface area contributed by atoms with Crippen LogP contribution in [-0.4, -0.2) is 42.0 Å². The summed E-state index contributed by atoms with van der Waals surface area (Å²) in [7, 11) is 1.94. The van der Waals surface area contributed by atoms with Crippen molar-refractivity contribution in [2.24, 2.45) is 0 Å². The van der Waals surface area contributed by atoms with Crippen molar-refractivity contribution < 1.29 is 9.18 Å². The Balaban J connectivity index is 1.67. The number of likely N-dealkylation sites (N-methyl/N-ethyl adjacent to an activating group) is 1. The molecule has 1 aromatic heterocycles. The van der Waals surface area contributed by atoms with E-state index < -0.39 is 0 Å². The third kappa shape index (κ3) is 3.79. The molecule has 1 fully saturated rings. The number of H-pyrrole nitrogens is 1. The van der Waals surface area contributed by atoms with E-state index in [-0.39, 0.29) is 11.7 Å². The Hall–Kier alpha value is -2.86. The minimum Gasteiger partial charge on any atom is -0.379 e. The molecular weight excluding hydrogens is 379 g/mol. The fraction of sp³-hybridized carbons (Fsp3) is 0.375. The molecule has 1 amide bonds. The summed E-state index contributed by atoms with van der Waals surface area (Å²) in [6, 6.07) is 9.11. The van der Waals surface area contributed by atoms with Crippen LogP contribution in [0.15, 0.2) is 30.3 Å². The fourth-order valence-electron chi connectivity index (χ4n) is 4.23. The fourth-order valence-corrected chi connectivity index (χ4v) is 4.23. The molecule has 1 aliphatic rings. The Morgan fingerprint density at radius 3 is 2.73 bits per heavy atom. The molecule has 6 heteroatoms. The van der Waals surface area contributed by atoms with Crippen LogP contribution in [-0.2, 0) is 6.54 Å². The molecule has 0 aliphatic carbocycles. The number of aromatic amines is 1. The average Bonchev–Trinajstić information content (AvgIpc) is 3.32. The molecule has 1 saturated heterocycles. The number of hydrogen-bond acceptors (Lipinski definition) is 3. The summed E-state index contributed by atoms with van der Waals surface area (Å²) in [6.45, 7) is 8.08. The lowest BCUT2D eigenvalue weighted by atomic mass is 10.1. The van der Waals surface area contributed by atoms with Gasteiger partial charge in [0, 0.05) is 42.3 Å². The summed E-state index contributed by atoms with van der Waals surface area (Å²) in [6.07, 6.45) is 0.974. The maximum atomic E-state index is 13.4. The molecule has 1 aliphatic heterocycles. The van der Waals surface area contributed by atoms with E-state index in [1.807, 2.05) is 37.9 Å². The number of hydrogen-bond donors (Lipinski definition) is 3. The van der Waals surface area contributed by atoms with Crippen LogP contribution in [0.1, 0.15) is 39.2 Å². The molecule has 3 aromatic rings. The van der Waals surface area contributed by atoms with E-state index in [1.54, 1.807) is 12.1 Å². The van der Waals surface area contributed by atoms with E-state index in [0.29, 0.717) is 18.2 Å². The summed E-state index contributed by atoms with van der Waals surface area (Å²) < 4.78 is 13.4. The van der Waals surface area contributed by atoms with E-state index in [0.717, 1.165) is 58.5 Å². The van der Waals surface area contributed by atoms with Gasteiger partial charge in [-0.1, -0.05) is 6.07 Å². The van der Waals surface area contributed by atoms with Gasteiger partial charge in [-0.2, -0.15) is 0 Å². The number of anilines is 1. The number of halogens is 1. The minimum absolute atomic E-state index is 0.0638. The van der Waals surface area contributed by atoms with Gasteiger partial charge in [0.2, 0.25) is 0 Å². The second kappa shape index (κ2) is 8.11. The molecule has 5 nitrogen and oxygen atoms in total. The van der Waals surface area contributed by atoms with Crippen molar-refractivity contribution in [1.29, 1.82) is 0 Å². The molecular formula is C24H29FN4O. The van der Waals surface area contributed by atoms with Gasteiger partial charge in [-0.25, -0.2) is 4.39 Å². The summed E-state index contributed by atoms with van der Waals surface area (Å²) in [5, 5.41) is 7.79. The van der Waals surface area contributed by atoms with Crippen molar-refractivity contribution in [1.82, 2.24) is 15.2 Å². The minimum atomic E-state index is -0.229. The highest BCUT2D eigenvalue weighted by Gasteiger charge is 2.26. The van der Waals surface area contributed by atoms with E-state index in [2.05, 4.69) is 22.5 Å². The van der Waals surface area contributed by atoms with Gasteiger partial charge in [-0.3, -0.25) is 4.79 Å². The van der Waals surface area contributed by atoms with Crippen molar-refractivity contribution in [3.63, 3.8) is 0 Å². The van der Waals surface area contributed by atoms with Crippen LogP contribution >= 0.6 is 0 Å². The van der Waals surface area contributed by atoms with Gasteiger partial charge in [0.15, 0.2) is 0 Å². The van der Waals surface area contributed by atoms with Crippen molar-refractivity contribution in [3.05, 3.63) is 64.1 Å². The summed E-state index contributed by atoms with van der Waals surface area (Å²) >= 11 is 0. The molecule has 158 valence electrons. The van der Waals surface area contributed by atoms with Crippen LogP contribution in [0.2, 0.25) is 0 Å². The van der Waals surface area contributed by atoms with Gasteiger partial charge in [-0.05, 0) is 75.2 Å². The maximum Gasteiger partial charge on any atom is 0.254 e. The molecule has 30 heavy (non-hydrogen) atoms. The largest absolute Gasteiger partial charge is 0.379 e. The number of amides is 1. The van der Waals surface area contributed by atoms with Gasteiger partial charge in [0.25, 0.3) is 5.91 Å².